The van der Waals surface area contributed by atoms with Crippen LogP contribution < -0.4 is 9.89 Å². The Morgan fingerprint density at radius 1 is 1.33 bits per heavy atom. The van der Waals surface area contributed by atoms with Gasteiger partial charge in [0.25, 0.3) is 0 Å². The van der Waals surface area contributed by atoms with Crippen LogP contribution in [-0.4, -0.2) is 20.5 Å². The van der Waals surface area contributed by atoms with E-state index in [1.54, 1.807) is 0 Å². The maximum Gasteiger partial charge on any atom is 0.491 e. The number of hydrogen-bond acceptors (Lipinski definition) is 3. The van der Waals surface area contributed by atoms with Crippen molar-refractivity contribution in [1.29, 1.82) is 0 Å². The third-order valence-corrected chi connectivity index (χ3v) is 8.33. The SMILES string of the molecule is CC(C)(C)[Si](C)(C)Oc1cccc2c1COB2O. The molecule has 1 aromatic rings. The Morgan fingerprint density at radius 3 is 2.61 bits per heavy atom. The first-order valence-corrected chi connectivity index (χ1v) is 9.24. The van der Waals surface area contributed by atoms with Crippen molar-refractivity contribution in [1.82, 2.24) is 0 Å². The van der Waals surface area contributed by atoms with E-state index in [2.05, 4.69) is 33.9 Å². The van der Waals surface area contributed by atoms with Crippen LogP contribution in [0, 0.1) is 0 Å². The van der Waals surface area contributed by atoms with Crippen molar-refractivity contribution >= 4 is 20.9 Å². The summed E-state index contributed by atoms with van der Waals surface area (Å²) in [4.78, 5) is 0. The van der Waals surface area contributed by atoms with Crippen molar-refractivity contribution in [3.63, 3.8) is 0 Å². The first-order valence-electron chi connectivity index (χ1n) is 6.33. The normalized spacial score (nSPS) is 15.8. The second-order valence-electron chi connectivity index (χ2n) is 6.35. The monoisotopic (exact) mass is 264 g/mol. The molecule has 0 spiro atoms. The van der Waals surface area contributed by atoms with Gasteiger partial charge in [0.15, 0.2) is 0 Å². The molecule has 0 aromatic heterocycles. The molecule has 1 heterocycles. The molecule has 1 N–H and O–H groups in total. The largest absolute Gasteiger partial charge is 0.543 e. The third-order valence-electron chi connectivity index (χ3n) is 3.99. The summed E-state index contributed by atoms with van der Waals surface area (Å²) in [6.07, 6.45) is 0. The lowest BCUT2D eigenvalue weighted by molar-refractivity contribution is 0.273. The maximum atomic E-state index is 9.70. The number of fused-ring (bicyclic) bond motifs is 1. The minimum absolute atomic E-state index is 0.161. The molecule has 0 saturated heterocycles. The van der Waals surface area contributed by atoms with Gasteiger partial charge in [0.2, 0.25) is 8.32 Å². The fourth-order valence-electron chi connectivity index (χ4n) is 1.74. The van der Waals surface area contributed by atoms with Gasteiger partial charge in [-0.05, 0) is 29.7 Å². The molecule has 5 heteroatoms. The minimum Gasteiger partial charge on any atom is -0.543 e. The third kappa shape index (κ3) is 2.35. The number of rotatable bonds is 2. The Balaban J connectivity index is 2.32. The zero-order valence-corrected chi connectivity index (χ0v) is 12.8. The van der Waals surface area contributed by atoms with E-state index in [0.29, 0.717) is 6.61 Å². The van der Waals surface area contributed by atoms with Crippen molar-refractivity contribution in [2.24, 2.45) is 0 Å². The van der Waals surface area contributed by atoms with E-state index in [4.69, 9.17) is 9.08 Å². The molecule has 0 radical (unpaired) electrons. The lowest BCUT2D eigenvalue weighted by atomic mass is 9.79. The Bertz CT molecular complexity index is 454. The Morgan fingerprint density at radius 2 is 2.00 bits per heavy atom. The van der Waals surface area contributed by atoms with Gasteiger partial charge >= 0.3 is 7.12 Å². The van der Waals surface area contributed by atoms with E-state index in [1.165, 1.54) is 0 Å². The molecule has 18 heavy (non-hydrogen) atoms. The molecule has 2 rings (SSSR count). The molecule has 0 fully saturated rings. The van der Waals surface area contributed by atoms with Gasteiger partial charge in [0.05, 0.1) is 6.61 Å². The summed E-state index contributed by atoms with van der Waals surface area (Å²) in [5, 5.41) is 9.86. The average Bonchev–Trinajstić information content (AvgIpc) is 2.60. The van der Waals surface area contributed by atoms with Crippen molar-refractivity contribution in [2.75, 3.05) is 0 Å². The topological polar surface area (TPSA) is 38.7 Å². The summed E-state index contributed by atoms with van der Waals surface area (Å²) >= 11 is 0. The molecule has 0 amide bonds. The Kier molecular flexibility index (Phi) is 3.34. The van der Waals surface area contributed by atoms with Crippen LogP contribution in [0.25, 0.3) is 0 Å². The highest BCUT2D eigenvalue weighted by molar-refractivity contribution is 6.74. The van der Waals surface area contributed by atoms with Crippen LogP contribution in [-0.2, 0) is 11.3 Å². The van der Waals surface area contributed by atoms with Crippen LogP contribution in [0.5, 0.6) is 5.75 Å². The standard InChI is InChI=1S/C13H21BO3Si/c1-13(2,3)18(4,5)17-12-8-6-7-11-10(12)9-16-14(11)15/h6-8,15H,9H2,1-5H3. The molecule has 0 aliphatic carbocycles. The predicted octanol–water partition coefficient (Wildman–Crippen LogP) is 2.29. The van der Waals surface area contributed by atoms with E-state index in [0.717, 1.165) is 16.8 Å². The van der Waals surface area contributed by atoms with Crippen LogP contribution >= 0.6 is 0 Å². The minimum atomic E-state index is -1.85. The molecule has 0 bridgehead atoms. The highest BCUT2D eigenvalue weighted by Crippen LogP contribution is 2.38. The van der Waals surface area contributed by atoms with Gasteiger partial charge in [-0.2, -0.15) is 0 Å². The van der Waals surface area contributed by atoms with Crippen molar-refractivity contribution < 1.29 is 14.1 Å². The highest BCUT2D eigenvalue weighted by atomic mass is 28.4. The molecular formula is C13H21BO3Si. The van der Waals surface area contributed by atoms with Gasteiger partial charge < -0.3 is 14.1 Å². The van der Waals surface area contributed by atoms with Crippen molar-refractivity contribution in [2.45, 2.75) is 45.5 Å². The quantitative estimate of drug-likeness (QED) is 0.833. The van der Waals surface area contributed by atoms with Gasteiger partial charge in [0, 0.05) is 5.56 Å². The predicted molar refractivity (Wildman–Crippen MR) is 76.7 cm³/mol. The first kappa shape index (κ1) is 13.6. The maximum absolute atomic E-state index is 9.70. The summed E-state index contributed by atoms with van der Waals surface area (Å²) in [5.74, 6) is 0.871. The van der Waals surface area contributed by atoms with Gasteiger partial charge in [0.1, 0.15) is 5.75 Å². The van der Waals surface area contributed by atoms with E-state index < -0.39 is 15.4 Å². The van der Waals surface area contributed by atoms with E-state index >= 15 is 0 Å². The fourth-order valence-corrected chi connectivity index (χ4v) is 2.79. The summed E-state index contributed by atoms with van der Waals surface area (Å²) < 4.78 is 11.6. The van der Waals surface area contributed by atoms with E-state index in [9.17, 15) is 5.02 Å². The molecule has 0 unspecified atom stereocenters. The summed E-state index contributed by atoms with van der Waals surface area (Å²) in [5.41, 5.74) is 1.83. The lowest BCUT2D eigenvalue weighted by Gasteiger charge is -2.37. The fraction of sp³-hybridized carbons (Fsp3) is 0.538. The second-order valence-corrected chi connectivity index (χ2v) is 11.1. The van der Waals surface area contributed by atoms with Crippen molar-refractivity contribution in [3.8, 4) is 5.75 Å². The van der Waals surface area contributed by atoms with Gasteiger partial charge in [-0.3, -0.25) is 0 Å². The van der Waals surface area contributed by atoms with Crippen LogP contribution in [0.1, 0.15) is 26.3 Å². The molecule has 98 valence electrons. The zero-order chi connectivity index (χ0) is 13.6. The summed E-state index contributed by atoms with van der Waals surface area (Å²) in [6, 6.07) is 5.78. The van der Waals surface area contributed by atoms with E-state index in [-0.39, 0.29) is 5.04 Å². The Hall–Kier alpha value is -0.778. The van der Waals surface area contributed by atoms with Crippen LogP contribution in [0.3, 0.4) is 0 Å². The lowest BCUT2D eigenvalue weighted by Crippen LogP contribution is -2.44. The molecule has 0 saturated carbocycles. The smallest absolute Gasteiger partial charge is 0.491 e. The first-order chi connectivity index (χ1) is 8.22. The Labute approximate surface area is 110 Å². The zero-order valence-electron chi connectivity index (χ0n) is 11.8. The van der Waals surface area contributed by atoms with Crippen molar-refractivity contribution in [3.05, 3.63) is 23.8 Å². The average molecular weight is 264 g/mol. The number of hydrogen-bond donors (Lipinski definition) is 1. The molecule has 1 aliphatic rings. The van der Waals surface area contributed by atoms with Crippen LogP contribution in [0.15, 0.2) is 18.2 Å². The number of benzene rings is 1. The van der Waals surface area contributed by atoms with E-state index in [1.807, 2.05) is 18.2 Å². The molecule has 1 aromatic carbocycles. The molecule has 1 aliphatic heterocycles. The van der Waals surface area contributed by atoms with Gasteiger partial charge in [-0.15, -0.1) is 0 Å². The second kappa shape index (κ2) is 4.40. The van der Waals surface area contributed by atoms with Gasteiger partial charge in [-0.1, -0.05) is 32.9 Å². The van der Waals surface area contributed by atoms with Crippen LogP contribution in [0.2, 0.25) is 18.1 Å². The molecule has 0 atom stereocenters. The highest BCUT2D eigenvalue weighted by Gasteiger charge is 2.40. The van der Waals surface area contributed by atoms with Gasteiger partial charge in [-0.25, -0.2) is 0 Å². The van der Waals surface area contributed by atoms with Crippen LogP contribution in [0.4, 0.5) is 0 Å². The molecular weight excluding hydrogens is 243 g/mol. The molecule has 3 nitrogen and oxygen atoms in total. The summed E-state index contributed by atoms with van der Waals surface area (Å²) in [6.45, 7) is 11.5. The summed E-state index contributed by atoms with van der Waals surface area (Å²) in [7, 11) is -2.65.